The molecule has 1 rings (SSSR count). The van der Waals surface area contributed by atoms with E-state index in [1.165, 1.54) is 6.92 Å². The van der Waals surface area contributed by atoms with E-state index in [9.17, 15) is 14.5 Å². The number of nitro benzene ring substituents is 1. The van der Waals surface area contributed by atoms with E-state index < -0.39 is 16.8 Å². The molecule has 15 heavy (non-hydrogen) atoms. The van der Waals surface area contributed by atoms with E-state index in [1.54, 1.807) is 0 Å². The summed E-state index contributed by atoms with van der Waals surface area (Å²) >= 11 is 0. The van der Waals surface area contributed by atoms with Gasteiger partial charge in [0.25, 0.3) is 5.69 Å². The zero-order valence-corrected chi connectivity index (χ0v) is 7.90. The Morgan fingerprint density at radius 1 is 1.67 bits per heavy atom. The van der Waals surface area contributed by atoms with Gasteiger partial charge in [0.15, 0.2) is 0 Å². The fraction of sp³-hybridized carbons (Fsp3) is 0.222. The van der Waals surface area contributed by atoms with Gasteiger partial charge in [0.1, 0.15) is 5.82 Å². The van der Waals surface area contributed by atoms with Crippen LogP contribution in [0.4, 0.5) is 15.8 Å². The molecule has 0 aliphatic heterocycles. The first-order valence-corrected chi connectivity index (χ1v) is 4.08. The fourth-order valence-electron chi connectivity index (χ4n) is 1.13. The molecule has 0 radical (unpaired) electrons. The third-order valence-electron chi connectivity index (χ3n) is 1.89. The molecular formula is C9H8FN3O2. The topological polar surface area (TPSA) is 73.5 Å². The molecule has 0 aliphatic rings. The highest BCUT2D eigenvalue weighted by molar-refractivity contribution is 5.56. The van der Waals surface area contributed by atoms with Crippen LogP contribution in [0.15, 0.2) is 12.1 Å². The maximum atomic E-state index is 13.5. The van der Waals surface area contributed by atoms with Crippen LogP contribution in [0.25, 0.3) is 4.85 Å². The molecule has 0 spiro atoms. The second-order valence-corrected chi connectivity index (χ2v) is 3.03. The molecule has 0 unspecified atom stereocenters. The molecule has 0 aromatic heterocycles. The Kier molecular flexibility index (Phi) is 2.97. The lowest BCUT2D eigenvalue weighted by atomic mass is 10.1. The Hall–Kier alpha value is -2.00. The fourth-order valence-corrected chi connectivity index (χ4v) is 1.13. The molecule has 2 N–H and O–H groups in total. The number of hydrogen-bond donors (Lipinski definition) is 1. The average molecular weight is 209 g/mol. The lowest BCUT2D eigenvalue weighted by molar-refractivity contribution is -0.384. The predicted molar refractivity (Wildman–Crippen MR) is 51.9 cm³/mol. The van der Waals surface area contributed by atoms with Gasteiger partial charge in [-0.05, 0) is 6.92 Å². The van der Waals surface area contributed by atoms with Crippen molar-refractivity contribution in [2.24, 2.45) is 5.73 Å². The summed E-state index contributed by atoms with van der Waals surface area (Å²) in [5, 5.41) is 10.5. The first-order valence-electron chi connectivity index (χ1n) is 4.08. The standard InChI is InChI=1S/C9H8FN3O2/c1-5(11)7-3-6(13(14)15)4-8(12-2)9(7)10/h3-5H,11H2,1H3/t5-/m1/s1. The molecule has 0 saturated heterocycles. The number of rotatable bonds is 2. The Labute approximate surface area is 85.3 Å². The van der Waals surface area contributed by atoms with E-state index >= 15 is 0 Å². The van der Waals surface area contributed by atoms with E-state index in [-0.39, 0.29) is 16.9 Å². The van der Waals surface area contributed by atoms with Gasteiger partial charge in [-0.2, -0.15) is 0 Å². The minimum atomic E-state index is -0.786. The quantitative estimate of drug-likeness (QED) is 0.461. The van der Waals surface area contributed by atoms with Gasteiger partial charge in [0, 0.05) is 23.7 Å². The molecule has 0 heterocycles. The van der Waals surface area contributed by atoms with Crippen LogP contribution in [0.2, 0.25) is 0 Å². The minimum absolute atomic E-state index is 0.0183. The van der Waals surface area contributed by atoms with Crippen molar-refractivity contribution in [3.63, 3.8) is 0 Å². The third kappa shape index (κ3) is 2.08. The van der Waals surface area contributed by atoms with Crippen LogP contribution >= 0.6 is 0 Å². The van der Waals surface area contributed by atoms with Crippen LogP contribution in [-0.2, 0) is 0 Å². The molecule has 0 amide bonds. The predicted octanol–water partition coefficient (Wildman–Crippen LogP) is 2.30. The Morgan fingerprint density at radius 2 is 2.27 bits per heavy atom. The molecule has 0 aliphatic carbocycles. The van der Waals surface area contributed by atoms with Gasteiger partial charge in [-0.1, -0.05) is 0 Å². The summed E-state index contributed by atoms with van der Waals surface area (Å²) in [6.07, 6.45) is 0. The largest absolute Gasteiger partial charge is 0.324 e. The Bertz CT molecular complexity index is 451. The molecule has 0 bridgehead atoms. The molecule has 5 nitrogen and oxygen atoms in total. The number of nitro groups is 1. The zero-order chi connectivity index (χ0) is 11.6. The smallest absolute Gasteiger partial charge is 0.259 e. The van der Waals surface area contributed by atoms with E-state index in [1.807, 2.05) is 0 Å². The highest BCUT2D eigenvalue weighted by Gasteiger charge is 2.18. The maximum absolute atomic E-state index is 13.5. The number of nitrogens with two attached hydrogens (primary N) is 1. The van der Waals surface area contributed by atoms with Crippen LogP contribution in [0, 0.1) is 22.5 Å². The normalized spacial score (nSPS) is 11.9. The van der Waals surface area contributed by atoms with Crippen molar-refractivity contribution >= 4 is 11.4 Å². The first kappa shape index (κ1) is 11.1. The van der Waals surface area contributed by atoms with E-state index in [2.05, 4.69) is 4.85 Å². The van der Waals surface area contributed by atoms with Crippen molar-refractivity contribution in [1.82, 2.24) is 0 Å². The van der Waals surface area contributed by atoms with E-state index in [0.29, 0.717) is 0 Å². The van der Waals surface area contributed by atoms with Crippen LogP contribution in [0.1, 0.15) is 18.5 Å². The van der Waals surface area contributed by atoms with Gasteiger partial charge < -0.3 is 5.73 Å². The lowest BCUT2D eigenvalue weighted by Crippen LogP contribution is -2.08. The van der Waals surface area contributed by atoms with Gasteiger partial charge in [-0.25, -0.2) is 9.24 Å². The van der Waals surface area contributed by atoms with Crippen LogP contribution in [0.5, 0.6) is 0 Å². The zero-order valence-electron chi connectivity index (χ0n) is 7.90. The van der Waals surface area contributed by atoms with Crippen molar-refractivity contribution in [3.05, 3.63) is 45.0 Å². The SMILES string of the molecule is [C-]#[N+]c1cc([N+](=O)[O-])cc([C@@H](C)N)c1F. The van der Waals surface area contributed by atoms with Crippen molar-refractivity contribution < 1.29 is 9.31 Å². The highest BCUT2D eigenvalue weighted by atomic mass is 19.1. The summed E-state index contributed by atoms with van der Waals surface area (Å²) in [6, 6.07) is 1.26. The van der Waals surface area contributed by atoms with Crippen LogP contribution < -0.4 is 5.73 Å². The van der Waals surface area contributed by atoms with E-state index in [0.717, 1.165) is 12.1 Å². The van der Waals surface area contributed by atoms with Crippen molar-refractivity contribution in [2.75, 3.05) is 0 Å². The summed E-state index contributed by atoms with van der Waals surface area (Å²) in [7, 11) is 0. The number of halogens is 1. The molecule has 1 atom stereocenters. The molecule has 0 fully saturated rings. The van der Waals surface area contributed by atoms with Gasteiger partial charge in [-0.15, -0.1) is 0 Å². The van der Waals surface area contributed by atoms with Gasteiger partial charge >= 0.3 is 0 Å². The minimum Gasteiger partial charge on any atom is -0.324 e. The molecule has 78 valence electrons. The third-order valence-corrected chi connectivity index (χ3v) is 1.89. The highest BCUT2D eigenvalue weighted by Crippen LogP contribution is 2.30. The summed E-state index contributed by atoms with van der Waals surface area (Å²) in [6.45, 7) is 8.18. The summed E-state index contributed by atoms with van der Waals surface area (Å²) < 4.78 is 13.5. The monoisotopic (exact) mass is 209 g/mol. The number of nitrogens with zero attached hydrogens (tertiary/aromatic N) is 2. The van der Waals surface area contributed by atoms with Gasteiger partial charge in [-0.3, -0.25) is 10.1 Å². The van der Waals surface area contributed by atoms with Crippen molar-refractivity contribution in [2.45, 2.75) is 13.0 Å². The first-order chi connectivity index (χ1) is 6.97. The lowest BCUT2D eigenvalue weighted by Gasteiger charge is -2.07. The number of hydrogen-bond acceptors (Lipinski definition) is 3. The Morgan fingerprint density at radius 3 is 2.67 bits per heavy atom. The van der Waals surface area contributed by atoms with Crippen LogP contribution in [-0.4, -0.2) is 4.92 Å². The molecular weight excluding hydrogens is 201 g/mol. The summed E-state index contributed by atoms with van der Waals surface area (Å²) in [5.74, 6) is -0.786. The maximum Gasteiger partial charge on any atom is 0.259 e. The average Bonchev–Trinajstić information content (AvgIpc) is 2.17. The van der Waals surface area contributed by atoms with Crippen molar-refractivity contribution in [3.8, 4) is 0 Å². The van der Waals surface area contributed by atoms with Crippen molar-refractivity contribution in [1.29, 1.82) is 0 Å². The number of non-ortho nitro benzene ring substituents is 1. The van der Waals surface area contributed by atoms with Crippen LogP contribution in [0.3, 0.4) is 0 Å². The van der Waals surface area contributed by atoms with Gasteiger partial charge in [0.2, 0.25) is 5.69 Å². The second-order valence-electron chi connectivity index (χ2n) is 3.03. The molecule has 1 aromatic rings. The molecule has 0 saturated carbocycles. The molecule has 6 heteroatoms. The number of benzene rings is 1. The molecule has 1 aromatic carbocycles. The second kappa shape index (κ2) is 4.02. The Balaban J connectivity index is 3.47. The van der Waals surface area contributed by atoms with Gasteiger partial charge in [0.05, 0.1) is 11.5 Å². The van der Waals surface area contributed by atoms with E-state index in [4.69, 9.17) is 12.3 Å². The summed E-state index contributed by atoms with van der Waals surface area (Å²) in [5.41, 5.74) is 4.72. The summed E-state index contributed by atoms with van der Waals surface area (Å²) in [4.78, 5) is 12.7.